The molecule has 8 heteroatoms. The van der Waals surface area contributed by atoms with E-state index in [1.807, 2.05) is 37.3 Å². The molecule has 0 radical (unpaired) electrons. The highest BCUT2D eigenvalue weighted by Crippen LogP contribution is 2.38. The van der Waals surface area contributed by atoms with E-state index in [9.17, 15) is 19.5 Å². The van der Waals surface area contributed by atoms with Crippen molar-refractivity contribution < 1.29 is 24.2 Å². The van der Waals surface area contributed by atoms with Crippen molar-refractivity contribution in [3.63, 3.8) is 0 Å². The number of benzene rings is 3. The molecule has 0 aromatic heterocycles. The van der Waals surface area contributed by atoms with E-state index in [-0.39, 0.29) is 16.4 Å². The number of phenolic OH excluding ortho intramolecular Hbond substituents is 1. The van der Waals surface area contributed by atoms with Crippen molar-refractivity contribution in [3.8, 4) is 5.75 Å². The van der Waals surface area contributed by atoms with Gasteiger partial charge in [0.25, 0.3) is 11.8 Å². The van der Waals surface area contributed by atoms with Gasteiger partial charge in [0.2, 0.25) is 0 Å². The van der Waals surface area contributed by atoms with Gasteiger partial charge < -0.3 is 15.2 Å². The van der Waals surface area contributed by atoms with Crippen LogP contribution >= 0.6 is 11.8 Å². The number of phenols is 1. The van der Waals surface area contributed by atoms with Crippen LogP contribution in [0.4, 0.5) is 11.4 Å². The molecular weight excluding hydrogens is 464 g/mol. The highest BCUT2D eigenvalue weighted by atomic mass is 32.2. The summed E-state index contributed by atoms with van der Waals surface area (Å²) in [6.07, 6.45) is 1.70. The maximum Gasteiger partial charge on any atom is 0.338 e. The quantitative estimate of drug-likeness (QED) is 0.182. The van der Waals surface area contributed by atoms with Gasteiger partial charge >= 0.3 is 5.97 Å². The second-order valence-electron chi connectivity index (χ2n) is 7.77. The number of hydrogen-bond acceptors (Lipinski definition) is 7. The average molecular weight is 489 g/mol. The Morgan fingerprint density at radius 3 is 2.29 bits per heavy atom. The second kappa shape index (κ2) is 10.9. The van der Waals surface area contributed by atoms with Gasteiger partial charge in [0.15, 0.2) is 0 Å². The first-order chi connectivity index (χ1) is 17.0. The summed E-state index contributed by atoms with van der Waals surface area (Å²) in [5.41, 5.74) is 1.38. The lowest BCUT2D eigenvalue weighted by atomic mass is 10.2. The Morgan fingerprint density at radius 2 is 1.63 bits per heavy atom. The molecule has 2 amide bonds. The molecule has 0 atom stereocenters. The Labute approximate surface area is 207 Å². The molecule has 178 valence electrons. The summed E-state index contributed by atoms with van der Waals surface area (Å²) < 4.78 is 5.23. The molecule has 0 saturated heterocycles. The molecule has 1 aliphatic heterocycles. The van der Waals surface area contributed by atoms with E-state index in [0.717, 1.165) is 22.6 Å². The molecule has 2 N–H and O–H groups in total. The number of unbranched alkanes of at least 4 members (excludes halogenated alkanes) is 1. The Kier molecular flexibility index (Phi) is 7.52. The summed E-state index contributed by atoms with van der Waals surface area (Å²) in [5.74, 6) is -1.34. The van der Waals surface area contributed by atoms with Gasteiger partial charge in [0, 0.05) is 10.6 Å². The number of imide groups is 1. The summed E-state index contributed by atoms with van der Waals surface area (Å²) in [4.78, 5) is 41.2. The van der Waals surface area contributed by atoms with E-state index in [1.165, 1.54) is 23.9 Å². The molecule has 1 heterocycles. The van der Waals surface area contributed by atoms with E-state index >= 15 is 0 Å². The number of esters is 1. The van der Waals surface area contributed by atoms with Gasteiger partial charge in [-0.15, -0.1) is 0 Å². The van der Waals surface area contributed by atoms with Crippen LogP contribution in [0.1, 0.15) is 30.1 Å². The van der Waals surface area contributed by atoms with Crippen LogP contribution in [0.5, 0.6) is 5.75 Å². The van der Waals surface area contributed by atoms with Gasteiger partial charge in [-0.2, -0.15) is 0 Å². The number of anilines is 2. The van der Waals surface area contributed by atoms with Crippen molar-refractivity contribution >= 4 is 40.9 Å². The average Bonchev–Trinajstić information content (AvgIpc) is 3.10. The predicted molar refractivity (Wildman–Crippen MR) is 135 cm³/mol. The number of rotatable bonds is 9. The summed E-state index contributed by atoms with van der Waals surface area (Å²) in [7, 11) is 0. The molecule has 0 bridgehead atoms. The number of carbonyl (C=O) groups is 3. The third-order valence-corrected chi connectivity index (χ3v) is 6.32. The molecule has 4 rings (SSSR count). The lowest BCUT2D eigenvalue weighted by Gasteiger charge is -2.16. The number of hydrogen-bond donors (Lipinski definition) is 2. The number of nitrogens with one attached hydrogen (secondary N) is 1. The van der Waals surface area contributed by atoms with Crippen LogP contribution in [-0.4, -0.2) is 29.5 Å². The topological polar surface area (TPSA) is 95.9 Å². The Morgan fingerprint density at radius 1 is 0.943 bits per heavy atom. The van der Waals surface area contributed by atoms with Gasteiger partial charge in [-0.25, -0.2) is 9.69 Å². The molecule has 0 saturated carbocycles. The fraction of sp³-hybridized carbons (Fsp3) is 0.148. The van der Waals surface area contributed by atoms with Crippen molar-refractivity contribution in [2.75, 3.05) is 16.8 Å². The van der Waals surface area contributed by atoms with Crippen LogP contribution in [0.3, 0.4) is 0 Å². The minimum atomic E-state index is -0.514. The first-order valence-corrected chi connectivity index (χ1v) is 12.0. The minimum absolute atomic E-state index is 0.0900. The van der Waals surface area contributed by atoms with E-state index in [4.69, 9.17) is 4.74 Å². The van der Waals surface area contributed by atoms with Crippen molar-refractivity contribution in [1.82, 2.24) is 0 Å². The molecule has 35 heavy (non-hydrogen) atoms. The second-order valence-corrected chi connectivity index (χ2v) is 8.86. The van der Waals surface area contributed by atoms with Gasteiger partial charge in [0.05, 0.1) is 17.9 Å². The summed E-state index contributed by atoms with van der Waals surface area (Å²) in [5, 5.41) is 12.6. The minimum Gasteiger partial charge on any atom is -0.508 e. The monoisotopic (exact) mass is 488 g/mol. The Bertz CT molecular complexity index is 1250. The van der Waals surface area contributed by atoms with Crippen molar-refractivity contribution in [2.24, 2.45) is 0 Å². The van der Waals surface area contributed by atoms with Gasteiger partial charge in [-0.05, 0) is 67.1 Å². The SMILES string of the molecule is CCCCOC(=O)c1ccc(N2C(=O)C(Nc3ccc(O)cc3)=C(Sc3ccccc3)C2=O)cc1. The zero-order valence-corrected chi connectivity index (χ0v) is 19.9. The molecular formula is C27H24N2O5S. The molecule has 1 aliphatic rings. The zero-order valence-electron chi connectivity index (χ0n) is 19.1. The van der Waals surface area contributed by atoms with Gasteiger partial charge in [0.1, 0.15) is 16.4 Å². The van der Waals surface area contributed by atoms with E-state index in [1.54, 1.807) is 36.4 Å². The van der Waals surface area contributed by atoms with Crippen molar-refractivity contribution in [3.05, 3.63) is 95.0 Å². The van der Waals surface area contributed by atoms with Gasteiger partial charge in [-0.1, -0.05) is 43.3 Å². The highest BCUT2D eigenvalue weighted by molar-refractivity contribution is 8.04. The molecule has 7 nitrogen and oxygen atoms in total. The van der Waals surface area contributed by atoms with Crippen molar-refractivity contribution in [2.45, 2.75) is 24.7 Å². The smallest absolute Gasteiger partial charge is 0.338 e. The van der Waals surface area contributed by atoms with Gasteiger partial charge in [-0.3, -0.25) is 9.59 Å². The number of aromatic hydroxyl groups is 1. The van der Waals surface area contributed by atoms with Crippen LogP contribution in [0.15, 0.2) is 94.4 Å². The first kappa shape index (κ1) is 24.1. The third-order valence-electron chi connectivity index (χ3n) is 5.23. The summed E-state index contributed by atoms with van der Waals surface area (Å²) >= 11 is 1.19. The number of ether oxygens (including phenoxy) is 1. The third kappa shape index (κ3) is 5.55. The summed E-state index contributed by atoms with van der Waals surface area (Å²) in [6.45, 7) is 2.35. The molecule has 0 unspecified atom stereocenters. The molecule has 3 aromatic rings. The van der Waals surface area contributed by atoms with Crippen LogP contribution in [-0.2, 0) is 14.3 Å². The van der Waals surface area contributed by atoms with Crippen LogP contribution in [0.2, 0.25) is 0 Å². The molecule has 0 aliphatic carbocycles. The van der Waals surface area contributed by atoms with Crippen LogP contribution < -0.4 is 10.2 Å². The lowest BCUT2D eigenvalue weighted by molar-refractivity contribution is -0.120. The fourth-order valence-corrected chi connectivity index (χ4v) is 4.33. The molecule has 3 aromatic carbocycles. The van der Waals surface area contributed by atoms with E-state index < -0.39 is 17.8 Å². The van der Waals surface area contributed by atoms with Crippen LogP contribution in [0.25, 0.3) is 0 Å². The highest BCUT2D eigenvalue weighted by Gasteiger charge is 2.40. The number of carbonyl (C=O) groups excluding carboxylic acids is 3. The largest absolute Gasteiger partial charge is 0.508 e. The van der Waals surface area contributed by atoms with E-state index in [2.05, 4.69) is 5.32 Å². The maximum absolute atomic E-state index is 13.4. The number of thioether (sulfide) groups is 1. The first-order valence-electron chi connectivity index (χ1n) is 11.2. The number of nitrogens with zero attached hydrogens (tertiary/aromatic N) is 1. The lowest BCUT2D eigenvalue weighted by Crippen LogP contribution is -2.32. The Hall–Kier alpha value is -4.04. The normalized spacial score (nSPS) is 13.3. The predicted octanol–water partition coefficient (Wildman–Crippen LogP) is 5.34. The van der Waals surface area contributed by atoms with E-state index in [0.29, 0.717) is 23.5 Å². The van der Waals surface area contributed by atoms with Crippen LogP contribution in [0, 0.1) is 0 Å². The molecule has 0 fully saturated rings. The summed E-state index contributed by atoms with van der Waals surface area (Å²) in [6, 6.07) is 21.7. The van der Waals surface area contributed by atoms with Crippen molar-refractivity contribution in [1.29, 1.82) is 0 Å². The maximum atomic E-state index is 13.4. The number of amides is 2. The zero-order chi connectivity index (χ0) is 24.8. The Balaban J connectivity index is 1.61. The molecule has 0 spiro atoms. The fourth-order valence-electron chi connectivity index (χ4n) is 3.38. The standard InChI is InChI=1S/C27H24N2O5S/c1-2-3-17-34-27(33)18-9-13-20(14-10-18)29-25(31)23(28-19-11-15-21(30)16-12-19)24(26(29)32)35-22-7-5-4-6-8-22/h4-16,28,30H,2-3,17H2,1H3.